The molecule has 0 aliphatic heterocycles. The Morgan fingerprint density at radius 2 is 1.53 bits per heavy atom. The van der Waals surface area contributed by atoms with Crippen molar-refractivity contribution in [2.45, 2.75) is 36.8 Å². The minimum Gasteiger partial charge on any atom is -0.462 e. The fourth-order valence-corrected chi connectivity index (χ4v) is 3.99. The molecule has 0 bridgehead atoms. The summed E-state index contributed by atoms with van der Waals surface area (Å²) in [5.41, 5.74) is 2.69. The van der Waals surface area contributed by atoms with Crippen LogP contribution in [0.5, 0.6) is 0 Å². The molecule has 0 fully saturated rings. The van der Waals surface area contributed by atoms with Gasteiger partial charge in [0.05, 0.1) is 17.4 Å². The van der Waals surface area contributed by atoms with Gasteiger partial charge in [0, 0.05) is 22.3 Å². The van der Waals surface area contributed by atoms with E-state index in [1.807, 2.05) is 56.3 Å². The maximum atomic E-state index is 12.6. The Kier molecular flexibility index (Phi) is 10.3. The number of hydrogen-bond acceptors (Lipinski definition) is 5. The van der Waals surface area contributed by atoms with Crippen LogP contribution in [0, 0.1) is 0 Å². The molecule has 3 aromatic rings. The molecule has 1 unspecified atom stereocenters. The number of thioether (sulfide) groups is 1. The third kappa shape index (κ3) is 8.74. The molecule has 36 heavy (non-hydrogen) atoms. The molecule has 0 spiro atoms. The van der Waals surface area contributed by atoms with Gasteiger partial charge in [0.25, 0.3) is 0 Å². The van der Waals surface area contributed by atoms with E-state index < -0.39 is 0 Å². The summed E-state index contributed by atoms with van der Waals surface area (Å²) >= 11 is 1.41. The molecule has 2 N–H and O–H groups in total. The first-order valence-corrected chi connectivity index (χ1v) is 12.7. The Bertz CT molecular complexity index is 1180. The van der Waals surface area contributed by atoms with Crippen LogP contribution >= 0.6 is 11.8 Å². The number of esters is 1. The van der Waals surface area contributed by atoms with E-state index in [2.05, 4.69) is 10.6 Å². The van der Waals surface area contributed by atoms with Crippen LogP contribution in [0.4, 0.5) is 11.4 Å². The van der Waals surface area contributed by atoms with Crippen molar-refractivity contribution < 1.29 is 19.1 Å². The number of nitrogens with one attached hydrogen (secondary N) is 2. The smallest absolute Gasteiger partial charge is 0.338 e. The van der Waals surface area contributed by atoms with Gasteiger partial charge in [0.1, 0.15) is 0 Å². The molecule has 0 saturated carbocycles. The van der Waals surface area contributed by atoms with Crippen molar-refractivity contribution in [3.63, 3.8) is 0 Å². The maximum Gasteiger partial charge on any atom is 0.338 e. The number of amides is 2. The summed E-state index contributed by atoms with van der Waals surface area (Å²) in [6.07, 6.45) is 5.04. The fraction of sp³-hybridized carbons (Fsp3) is 0.207. The fourth-order valence-electron chi connectivity index (χ4n) is 3.12. The topological polar surface area (TPSA) is 84.5 Å². The highest BCUT2D eigenvalue weighted by atomic mass is 32.2. The van der Waals surface area contributed by atoms with Crippen molar-refractivity contribution in [1.29, 1.82) is 0 Å². The summed E-state index contributed by atoms with van der Waals surface area (Å²) in [6, 6.07) is 23.6. The lowest BCUT2D eigenvalue weighted by Crippen LogP contribution is -2.22. The Balaban J connectivity index is 1.46. The molecule has 0 aliphatic rings. The second-order valence-electron chi connectivity index (χ2n) is 8.07. The largest absolute Gasteiger partial charge is 0.462 e. The van der Waals surface area contributed by atoms with Gasteiger partial charge in [-0.15, -0.1) is 11.8 Å². The third-order valence-electron chi connectivity index (χ3n) is 5.15. The summed E-state index contributed by atoms with van der Waals surface area (Å²) in [4.78, 5) is 37.7. The number of benzene rings is 3. The van der Waals surface area contributed by atoms with Crippen molar-refractivity contribution in [3.8, 4) is 0 Å². The molecule has 0 radical (unpaired) electrons. The van der Waals surface area contributed by atoms with E-state index in [9.17, 15) is 14.4 Å². The van der Waals surface area contributed by atoms with Gasteiger partial charge in [0.15, 0.2) is 0 Å². The lowest BCUT2D eigenvalue weighted by molar-refractivity contribution is -0.115. The van der Waals surface area contributed by atoms with Crippen LogP contribution in [-0.2, 0) is 14.3 Å². The van der Waals surface area contributed by atoms with Gasteiger partial charge in [-0.2, -0.15) is 0 Å². The summed E-state index contributed by atoms with van der Waals surface area (Å²) < 4.78 is 5.20. The van der Waals surface area contributed by atoms with Gasteiger partial charge < -0.3 is 15.4 Å². The van der Waals surface area contributed by atoms with Crippen LogP contribution in [0.25, 0.3) is 6.08 Å². The monoisotopic (exact) mass is 502 g/mol. The molecule has 6 nitrogen and oxygen atoms in total. The van der Waals surface area contributed by atoms with Crippen LogP contribution < -0.4 is 10.6 Å². The minimum absolute atomic E-state index is 0.151. The van der Waals surface area contributed by atoms with Gasteiger partial charge >= 0.3 is 5.97 Å². The second kappa shape index (κ2) is 13.9. The lowest BCUT2D eigenvalue weighted by atomic mass is 10.2. The minimum atomic E-state index is -0.364. The molecular formula is C29H30N2O4S. The molecule has 0 aliphatic carbocycles. The Labute approximate surface area is 216 Å². The standard InChI is InChI=1S/C29H30N2O4S/c1-3-4-20-35-29(34)23-11-13-25(14-12-23)31-28(33)21(2)36-26-17-15-24(16-18-26)30-27(32)19-10-22-8-6-5-7-9-22/h5-19,21H,3-4,20H2,1-2H3,(H,30,32)(H,31,33)/b19-10+. The average Bonchev–Trinajstić information content (AvgIpc) is 2.89. The zero-order chi connectivity index (χ0) is 25.8. The normalized spacial score (nSPS) is 11.6. The van der Waals surface area contributed by atoms with Gasteiger partial charge in [-0.1, -0.05) is 43.7 Å². The van der Waals surface area contributed by atoms with E-state index in [0.717, 1.165) is 23.3 Å². The number of hydrogen-bond donors (Lipinski definition) is 2. The van der Waals surface area contributed by atoms with Crippen molar-refractivity contribution in [2.75, 3.05) is 17.2 Å². The second-order valence-corrected chi connectivity index (χ2v) is 9.49. The van der Waals surface area contributed by atoms with E-state index in [1.54, 1.807) is 42.5 Å². The zero-order valence-electron chi connectivity index (χ0n) is 20.4. The summed E-state index contributed by atoms with van der Waals surface area (Å²) in [5.74, 6) is -0.731. The van der Waals surface area contributed by atoms with E-state index in [4.69, 9.17) is 4.74 Å². The maximum absolute atomic E-state index is 12.6. The SMILES string of the molecule is CCCCOC(=O)c1ccc(NC(=O)C(C)Sc2ccc(NC(=O)/C=C/c3ccccc3)cc2)cc1. The summed E-state index contributed by atoms with van der Waals surface area (Å²) in [5, 5.41) is 5.35. The van der Waals surface area contributed by atoms with E-state index in [1.165, 1.54) is 17.8 Å². The quantitative estimate of drug-likeness (QED) is 0.137. The Hall–Kier alpha value is -3.84. The van der Waals surface area contributed by atoms with Crippen LogP contribution in [0.15, 0.2) is 89.8 Å². The van der Waals surface area contributed by atoms with Crippen LogP contribution in [0.3, 0.4) is 0 Å². The van der Waals surface area contributed by atoms with Gasteiger partial charge in [-0.05, 0) is 73.5 Å². The Morgan fingerprint density at radius 3 is 2.19 bits per heavy atom. The zero-order valence-corrected chi connectivity index (χ0v) is 21.2. The van der Waals surface area contributed by atoms with Crippen molar-refractivity contribution >= 4 is 47.0 Å². The first-order chi connectivity index (χ1) is 17.4. The van der Waals surface area contributed by atoms with Crippen molar-refractivity contribution in [1.82, 2.24) is 0 Å². The molecule has 3 rings (SSSR count). The van der Waals surface area contributed by atoms with Crippen LogP contribution in [0.1, 0.15) is 42.6 Å². The molecule has 0 aromatic heterocycles. The van der Waals surface area contributed by atoms with Crippen LogP contribution in [-0.4, -0.2) is 29.6 Å². The number of ether oxygens (including phenoxy) is 1. The van der Waals surface area contributed by atoms with Gasteiger partial charge in [-0.3, -0.25) is 9.59 Å². The highest BCUT2D eigenvalue weighted by Crippen LogP contribution is 2.26. The molecule has 2 amide bonds. The van der Waals surface area contributed by atoms with Crippen LogP contribution in [0.2, 0.25) is 0 Å². The molecular weight excluding hydrogens is 472 g/mol. The van der Waals surface area contributed by atoms with E-state index >= 15 is 0 Å². The van der Waals surface area contributed by atoms with Crippen molar-refractivity contribution in [2.24, 2.45) is 0 Å². The van der Waals surface area contributed by atoms with Gasteiger partial charge in [-0.25, -0.2) is 4.79 Å². The number of carbonyl (C=O) groups excluding carboxylic acids is 3. The number of carbonyl (C=O) groups is 3. The predicted octanol–water partition coefficient (Wildman–Crippen LogP) is 6.41. The highest BCUT2D eigenvalue weighted by molar-refractivity contribution is 8.00. The summed E-state index contributed by atoms with van der Waals surface area (Å²) in [6.45, 7) is 4.26. The average molecular weight is 503 g/mol. The lowest BCUT2D eigenvalue weighted by Gasteiger charge is -2.13. The summed E-state index contributed by atoms with van der Waals surface area (Å²) in [7, 11) is 0. The molecule has 7 heteroatoms. The van der Waals surface area contributed by atoms with Gasteiger partial charge in [0.2, 0.25) is 11.8 Å². The molecule has 3 aromatic carbocycles. The third-order valence-corrected chi connectivity index (χ3v) is 6.26. The highest BCUT2D eigenvalue weighted by Gasteiger charge is 2.15. The predicted molar refractivity (Wildman–Crippen MR) is 146 cm³/mol. The van der Waals surface area contributed by atoms with E-state index in [0.29, 0.717) is 23.5 Å². The molecule has 186 valence electrons. The number of anilines is 2. The molecule has 1 atom stereocenters. The van der Waals surface area contributed by atoms with E-state index in [-0.39, 0.29) is 23.0 Å². The first-order valence-electron chi connectivity index (χ1n) is 11.8. The molecule has 0 heterocycles. The number of unbranched alkanes of at least 4 members (excludes halogenated alkanes) is 1. The molecule has 0 saturated heterocycles. The Morgan fingerprint density at radius 1 is 0.889 bits per heavy atom. The van der Waals surface area contributed by atoms with Crippen molar-refractivity contribution in [3.05, 3.63) is 96.1 Å². The first kappa shape index (κ1) is 26.8. The number of rotatable bonds is 11.